The molecule has 1 aliphatic carbocycles. The van der Waals surface area contributed by atoms with Gasteiger partial charge in [-0.2, -0.15) is 0 Å². The largest absolute Gasteiger partial charge is 0.359 e. The SMILES string of the molecule is CCCC1CCCC(Nc2nccs2)CC1. The highest BCUT2D eigenvalue weighted by atomic mass is 32.1. The number of thiazole rings is 1. The fourth-order valence-corrected chi connectivity index (χ4v) is 3.30. The van der Waals surface area contributed by atoms with Crippen molar-refractivity contribution in [3.8, 4) is 0 Å². The lowest BCUT2D eigenvalue weighted by molar-refractivity contribution is 0.422. The second-order valence-electron chi connectivity index (χ2n) is 4.84. The van der Waals surface area contributed by atoms with Crippen molar-refractivity contribution in [3.05, 3.63) is 11.6 Å². The summed E-state index contributed by atoms with van der Waals surface area (Å²) in [5.41, 5.74) is 0. The van der Waals surface area contributed by atoms with Crippen LogP contribution in [0.1, 0.15) is 51.9 Å². The molecule has 0 aromatic carbocycles. The molecule has 16 heavy (non-hydrogen) atoms. The Bertz CT molecular complexity index is 284. The second-order valence-corrected chi connectivity index (χ2v) is 5.74. The first-order valence-corrected chi connectivity index (χ1v) is 7.42. The topological polar surface area (TPSA) is 24.9 Å². The number of nitrogens with zero attached hydrogens (tertiary/aromatic N) is 1. The van der Waals surface area contributed by atoms with Gasteiger partial charge in [0, 0.05) is 17.6 Å². The van der Waals surface area contributed by atoms with Crippen molar-refractivity contribution in [1.82, 2.24) is 4.98 Å². The van der Waals surface area contributed by atoms with Crippen LogP contribution in [0.5, 0.6) is 0 Å². The lowest BCUT2D eigenvalue weighted by Crippen LogP contribution is -2.18. The van der Waals surface area contributed by atoms with Crippen molar-refractivity contribution in [2.24, 2.45) is 5.92 Å². The van der Waals surface area contributed by atoms with E-state index in [0.29, 0.717) is 6.04 Å². The molecule has 0 bridgehead atoms. The van der Waals surface area contributed by atoms with Crippen molar-refractivity contribution in [1.29, 1.82) is 0 Å². The minimum atomic E-state index is 0.660. The molecular formula is C13H22N2S. The van der Waals surface area contributed by atoms with Gasteiger partial charge in [-0.15, -0.1) is 11.3 Å². The molecule has 1 aromatic heterocycles. The molecule has 3 heteroatoms. The first-order chi connectivity index (χ1) is 7.88. The molecule has 2 atom stereocenters. The molecule has 1 aromatic rings. The van der Waals surface area contributed by atoms with E-state index in [0.717, 1.165) is 11.0 Å². The summed E-state index contributed by atoms with van der Waals surface area (Å²) in [6.45, 7) is 2.30. The lowest BCUT2D eigenvalue weighted by atomic mass is 9.95. The van der Waals surface area contributed by atoms with Gasteiger partial charge in [0.25, 0.3) is 0 Å². The smallest absolute Gasteiger partial charge is 0.182 e. The van der Waals surface area contributed by atoms with Crippen molar-refractivity contribution in [3.63, 3.8) is 0 Å². The molecular weight excluding hydrogens is 216 g/mol. The predicted octanol–water partition coefficient (Wildman–Crippen LogP) is 4.30. The van der Waals surface area contributed by atoms with Crippen LogP contribution in [0.4, 0.5) is 5.13 Å². The molecule has 2 unspecified atom stereocenters. The van der Waals surface area contributed by atoms with Crippen LogP contribution in [-0.4, -0.2) is 11.0 Å². The third-order valence-corrected chi connectivity index (χ3v) is 4.25. The average molecular weight is 238 g/mol. The molecule has 0 saturated heterocycles. The summed E-state index contributed by atoms with van der Waals surface area (Å²) in [4.78, 5) is 4.30. The Morgan fingerprint density at radius 3 is 3.06 bits per heavy atom. The summed E-state index contributed by atoms with van der Waals surface area (Å²) in [6, 6.07) is 0.660. The maximum Gasteiger partial charge on any atom is 0.182 e. The van der Waals surface area contributed by atoms with Gasteiger partial charge in [0.1, 0.15) is 0 Å². The molecule has 2 rings (SSSR count). The van der Waals surface area contributed by atoms with Crippen molar-refractivity contribution in [2.75, 3.05) is 5.32 Å². The van der Waals surface area contributed by atoms with Crippen LogP contribution in [0.3, 0.4) is 0 Å². The molecule has 1 heterocycles. The highest BCUT2D eigenvalue weighted by molar-refractivity contribution is 7.13. The van der Waals surface area contributed by atoms with Gasteiger partial charge < -0.3 is 5.32 Å². The van der Waals surface area contributed by atoms with Gasteiger partial charge in [-0.1, -0.05) is 32.6 Å². The lowest BCUT2D eigenvalue weighted by Gasteiger charge is -2.15. The zero-order valence-corrected chi connectivity index (χ0v) is 10.9. The third kappa shape index (κ3) is 3.48. The Labute approximate surface area is 102 Å². The molecule has 90 valence electrons. The predicted molar refractivity (Wildman–Crippen MR) is 71.0 cm³/mol. The molecule has 1 saturated carbocycles. The maximum atomic E-state index is 4.30. The van der Waals surface area contributed by atoms with E-state index >= 15 is 0 Å². The van der Waals surface area contributed by atoms with E-state index in [2.05, 4.69) is 17.2 Å². The standard InChI is InChI=1S/C13H22N2S/c1-2-4-11-5-3-6-12(8-7-11)15-13-14-9-10-16-13/h9-12H,2-8H2,1H3,(H,14,15). The highest BCUT2D eigenvalue weighted by Crippen LogP contribution is 2.28. The molecule has 1 fully saturated rings. The van der Waals surface area contributed by atoms with Gasteiger partial charge in [0.05, 0.1) is 0 Å². The van der Waals surface area contributed by atoms with Crippen molar-refractivity contribution < 1.29 is 0 Å². The van der Waals surface area contributed by atoms with Gasteiger partial charge in [0.2, 0.25) is 0 Å². The number of nitrogens with one attached hydrogen (secondary N) is 1. The Kier molecular flexibility index (Phi) is 4.64. The normalized spacial score (nSPS) is 26.3. The minimum Gasteiger partial charge on any atom is -0.359 e. The van der Waals surface area contributed by atoms with Crippen LogP contribution >= 0.6 is 11.3 Å². The maximum absolute atomic E-state index is 4.30. The number of anilines is 1. The van der Waals surface area contributed by atoms with Crippen LogP contribution in [-0.2, 0) is 0 Å². The first kappa shape index (κ1) is 11.9. The van der Waals surface area contributed by atoms with Gasteiger partial charge >= 0.3 is 0 Å². The molecule has 1 aliphatic rings. The first-order valence-electron chi connectivity index (χ1n) is 6.54. The van der Waals surface area contributed by atoms with Crippen LogP contribution < -0.4 is 5.32 Å². The van der Waals surface area contributed by atoms with E-state index in [1.165, 1.54) is 44.9 Å². The highest BCUT2D eigenvalue weighted by Gasteiger charge is 2.18. The van der Waals surface area contributed by atoms with Gasteiger partial charge in [-0.3, -0.25) is 0 Å². The van der Waals surface area contributed by atoms with E-state index in [1.54, 1.807) is 11.3 Å². The summed E-state index contributed by atoms with van der Waals surface area (Å²) < 4.78 is 0. The summed E-state index contributed by atoms with van der Waals surface area (Å²) >= 11 is 1.71. The van der Waals surface area contributed by atoms with E-state index in [1.807, 2.05) is 11.6 Å². The molecule has 0 aliphatic heterocycles. The van der Waals surface area contributed by atoms with Crippen LogP contribution in [0, 0.1) is 5.92 Å². The molecule has 0 radical (unpaired) electrons. The zero-order chi connectivity index (χ0) is 11.2. The van der Waals surface area contributed by atoms with Gasteiger partial charge in [0.15, 0.2) is 5.13 Å². The van der Waals surface area contributed by atoms with Crippen LogP contribution in [0.2, 0.25) is 0 Å². The van der Waals surface area contributed by atoms with E-state index in [-0.39, 0.29) is 0 Å². The zero-order valence-electron chi connectivity index (χ0n) is 10.1. The minimum absolute atomic E-state index is 0.660. The fourth-order valence-electron chi connectivity index (χ4n) is 2.69. The Morgan fingerprint density at radius 2 is 2.31 bits per heavy atom. The quantitative estimate of drug-likeness (QED) is 0.791. The number of hydrogen-bond acceptors (Lipinski definition) is 3. The molecule has 1 N–H and O–H groups in total. The summed E-state index contributed by atoms with van der Waals surface area (Å²) in [5, 5.41) is 6.71. The summed E-state index contributed by atoms with van der Waals surface area (Å²) in [7, 11) is 0. The Morgan fingerprint density at radius 1 is 1.38 bits per heavy atom. The summed E-state index contributed by atoms with van der Waals surface area (Å²) in [5.74, 6) is 0.980. The van der Waals surface area contributed by atoms with Crippen LogP contribution in [0.25, 0.3) is 0 Å². The monoisotopic (exact) mass is 238 g/mol. The van der Waals surface area contributed by atoms with E-state index in [9.17, 15) is 0 Å². The van der Waals surface area contributed by atoms with Crippen molar-refractivity contribution >= 4 is 16.5 Å². The fraction of sp³-hybridized carbons (Fsp3) is 0.769. The van der Waals surface area contributed by atoms with Gasteiger partial charge in [-0.25, -0.2) is 4.98 Å². The Hall–Kier alpha value is -0.570. The van der Waals surface area contributed by atoms with Crippen LogP contribution in [0.15, 0.2) is 11.6 Å². The Balaban J connectivity index is 1.80. The van der Waals surface area contributed by atoms with Gasteiger partial charge in [-0.05, 0) is 25.2 Å². The summed E-state index contributed by atoms with van der Waals surface area (Å²) in [6.07, 6.45) is 11.5. The third-order valence-electron chi connectivity index (χ3n) is 3.55. The molecule has 0 spiro atoms. The molecule has 2 nitrogen and oxygen atoms in total. The van der Waals surface area contributed by atoms with Crippen molar-refractivity contribution in [2.45, 2.75) is 57.9 Å². The number of hydrogen-bond donors (Lipinski definition) is 1. The average Bonchev–Trinajstić information content (AvgIpc) is 2.68. The number of rotatable bonds is 4. The molecule has 0 amide bonds. The van der Waals surface area contributed by atoms with E-state index in [4.69, 9.17) is 0 Å². The second kappa shape index (κ2) is 6.24. The van der Waals surface area contributed by atoms with E-state index < -0.39 is 0 Å². The number of aromatic nitrogens is 1.